The van der Waals surface area contributed by atoms with Gasteiger partial charge in [0.1, 0.15) is 0 Å². The Bertz CT molecular complexity index is 36.8. The Kier molecular flexibility index (Phi) is 35.8. The van der Waals surface area contributed by atoms with E-state index in [-0.39, 0.29) is 37.1 Å². The summed E-state index contributed by atoms with van der Waals surface area (Å²) in [4.78, 5) is 0. The monoisotopic (exact) mass is 230 g/mol. The fourth-order valence-corrected chi connectivity index (χ4v) is 0. The van der Waals surface area contributed by atoms with Gasteiger partial charge in [0.2, 0.25) is 0 Å². The first kappa shape index (κ1) is 22.7. The third-order valence-corrected chi connectivity index (χ3v) is 1.14. The van der Waals surface area contributed by atoms with E-state index in [1.54, 1.807) is 0 Å². The molecule has 0 aliphatic rings. The van der Waals surface area contributed by atoms with Crippen molar-refractivity contribution in [2.75, 3.05) is 0 Å². The predicted octanol–water partition coefficient (Wildman–Crippen LogP) is 3.34. The molecule has 0 spiro atoms. The van der Waals surface area contributed by atoms with E-state index in [9.17, 15) is 0 Å². The summed E-state index contributed by atoms with van der Waals surface area (Å²) in [5.74, 6) is 1.34. The van der Waals surface area contributed by atoms with Crippen molar-refractivity contribution in [2.24, 2.45) is 11.8 Å². The Morgan fingerprint density at radius 3 is 1.27 bits per heavy atom. The molecule has 0 aliphatic heterocycles. The van der Waals surface area contributed by atoms with Crippen molar-refractivity contribution in [1.29, 1.82) is 0 Å². The molecule has 0 aliphatic carbocycles. The SMILES string of the molecule is [CH2-]C(C)C(C)C.[CH2-]CC.[V+2].[V]. The Labute approximate surface area is 96.7 Å². The van der Waals surface area contributed by atoms with Crippen LogP contribution in [0.5, 0.6) is 0 Å². The zero-order valence-electron chi connectivity index (χ0n) is 8.17. The topological polar surface area (TPSA) is 0 Å². The Hall–Kier alpha value is 1.17. The van der Waals surface area contributed by atoms with Gasteiger partial charge in [0.05, 0.1) is 0 Å². The molecule has 0 aromatic rings. The van der Waals surface area contributed by atoms with Gasteiger partial charge in [-0.25, -0.2) is 0 Å². The number of rotatable bonds is 1. The Balaban J connectivity index is -0.0000000437. The Morgan fingerprint density at radius 1 is 1.18 bits per heavy atom. The third-order valence-electron chi connectivity index (χ3n) is 1.14. The summed E-state index contributed by atoms with van der Waals surface area (Å²) in [6.07, 6.45) is 1.00. The van der Waals surface area contributed by atoms with Crippen LogP contribution in [-0.2, 0) is 37.1 Å². The van der Waals surface area contributed by atoms with Crippen molar-refractivity contribution >= 4 is 0 Å². The molecule has 0 rings (SSSR count). The minimum atomic E-state index is 0. The molecule has 2 radical (unpaired) electrons. The standard InChI is InChI=1S/C6H13.C3H7.2V/c1-5(2)6(3)4;1-3-2;;/h5-6H,1H2,2-4H3;1,3H2,2H3;;/q2*-1;;+2. The molecule has 2 heteroatoms. The maximum atomic E-state index is 3.84. The molecule has 1 unspecified atom stereocenters. The van der Waals surface area contributed by atoms with Crippen LogP contribution in [0.25, 0.3) is 0 Å². The molecule has 66 valence electrons. The normalized spacial score (nSPS) is 10.1. The fourth-order valence-electron chi connectivity index (χ4n) is 0. The second kappa shape index (κ2) is 17.3. The summed E-state index contributed by atoms with van der Waals surface area (Å²) in [5, 5.41) is 0. The van der Waals surface area contributed by atoms with Crippen molar-refractivity contribution in [3.8, 4) is 0 Å². The molecule has 0 aromatic heterocycles. The van der Waals surface area contributed by atoms with E-state index in [4.69, 9.17) is 0 Å². The molecule has 0 saturated carbocycles. The quantitative estimate of drug-likeness (QED) is 0.606. The third kappa shape index (κ3) is 35.1. The molecular formula is C9H20V2. The minimum absolute atomic E-state index is 0. The summed E-state index contributed by atoms with van der Waals surface area (Å²) in [5.41, 5.74) is 0. The largest absolute Gasteiger partial charge is 2.00 e. The van der Waals surface area contributed by atoms with Gasteiger partial charge in [-0.05, 0) is 0 Å². The van der Waals surface area contributed by atoms with E-state index in [2.05, 4.69) is 34.6 Å². The summed E-state index contributed by atoms with van der Waals surface area (Å²) in [6, 6.07) is 0. The van der Waals surface area contributed by atoms with Crippen LogP contribution in [0.4, 0.5) is 0 Å². The molecule has 11 heavy (non-hydrogen) atoms. The molecule has 0 fully saturated rings. The molecule has 1 atom stereocenters. The van der Waals surface area contributed by atoms with Crippen LogP contribution in [-0.4, -0.2) is 0 Å². The zero-order chi connectivity index (χ0) is 7.86. The van der Waals surface area contributed by atoms with Crippen LogP contribution in [0.2, 0.25) is 0 Å². The van der Waals surface area contributed by atoms with Crippen molar-refractivity contribution in [3.63, 3.8) is 0 Å². The van der Waals surface area contributed by atoms with Gasteiger partial charge in [-0.1, -0.05) is 33.6 Å². The smallest absolute Gasteiger partial charge is 0.344 e. The van der Waals surface area contributed by atoms with E-state index in [1.807, 2.05) is 6.92 Å². The van der Waals surface area contributed by atoms with Gasteiger partial charge in [-0.3, -0.25) is 0 Å². The predicted molar refractivity (Wildman–Crippen MR) is 45.0 cm³/mol. The van der Waals surface area contributed by atoms with Gasteiger partial charge < -0.3 is 13.8 Å². The molecular weight excluding hydrogens is 210 g/mol. The molecule has 0 aromatic carbocycles. The van der Waals surface area contributed by atoms with E-state index in [1.165, 1.54) is 0 Å². The van der Waals surface area contributed by atoms with Crippen molar-refractivity contribution in [1.82, 2.24) is 0 Å². The van der Waals surface area contributed by atoms with Crippen molar-refractivity contribution in [2.45, 2.75) is 34.1 Å². The summed E-state index contributed by atoms with van der Waals surface area (Å²) in [6.45, 7) is 15.8. The second-order valence-corrected chi connectivity index (χ2v) is 2.72. The second-order valence-electron chi connectivity index (χ2n) is 2.72. The number of hydrogen-bond donors (Lipinski definition) is 0. The molecule has 0 heterocycles. The molecule has 0 N–H and O–H groups in total. The van der Waals surface area contributed by atoms with Crippen LogP contribution in [0.1, 0.15) is 34.1 Å². The Morgan fingerprint density at radius 2 is 1.27 bits per heavy atom. The molecule has 0 saturated heterocycles. The van der Waals surface area contributed by atoms with Crippen LogP contribution < -0.4 is 0 Å². The average Bonchev–Trinajstić information content (AvgIpc) is 1.68. The summed E-state index contributed by atoms with van der Waals surface area (Å²) < 4.78 is 0. The fraction of sp³-hybridized carbons (Fsp3) is 0.778. The van der Waals surface area contributed by atoms with Gasteiger partial charge >= 0.3 is 18.6 Å². The van der Waals surface area contributed by atoms with Crippen LogP contribution >= 0.6 is 0 Å². The zero-order valence-corrected chi connectivity index (χ0v) is 11.0. The van der Waals surface area contributed by atoms with Crippen molar-refractivity contribution in [3.05, 3.63) is 13.8 Å². The van der Waals surface area contributed by atoms with Crippen molar-refractivity contribution < 1.29 is 37.1 Å². The van der Waals surface area contributed by atoms with E-state index < -0.39 is 0 Å². The summed E-state index contributed by atoms with van der Waals surface area (Å²) in [7, 11) is 0. The van der Waals surface area contributed by atoms with Gasteiger partial charge in [-0.15, -0.1) is 0 Å². The van der Waals surface area contributed by atoms with E-state index in [0.29, 0.717) is 5.92 Å². The van der Waals surface area contributed by atoms with E-state index in [0.717, 1.165) is 12.3 Å². The van der Waals surface area contributed by atoms with Gasteiger partial charge in [0.25, 0.3) is 0 Å². The first-order valence-corrected chi connectivity index (χ1v) is 3.68. The van der Waals surface area contributed by atoms with E-state index >= 15 is 0 Å². The van der Waals surface area contributed by atoms with Gasteiger partial charge in [0, 0.05) is 18.6 Å². The minimum Gasteiger partial charge on any atom is -0.344 e. The molecule has 0 bridgehead atoms. The first-order valence-electron chi connectivity index (χ1n) is 3.68. The maximum Gasteiger partial charge on any atom is 2.00 e. The van der Waals surface area contributed by atoms with Crippen LogP contribution in [0.15, 0.2) is 0 Å². The van der Waals surface area contributed by atoms with Crippen LogP contribution in [0.3, 0.4) is 0 Å². The molecule has 0 amide bonds. The van der Waals surface area contributed by atoms with Crippen LogP contribution in [0, 0.1) is 25.7 Å². The van der Waals surface area contributed by atoms with Gasteiger partial charge in [-0.2, -0.15) is 12.3 Å². The molecule has 0 nitrogen and oxygen atoms in total. The van der Waals surface area contributed by atoms with Gasteiger partial charge in [0.15, 0.2) is 0 Å². The summed E-state index contributed by atoms with van der Waals surface area (Å²) >= 11 is 0. The number of hydrogen-bond acceptors (Lipinski definition) is 0. The first-order chi connectivity index (χ1) is 4.06. The average molecular weight is 230 g/mol. The maximum absolute atomic E-state index is 3.84.